The molecule has 0 atom stereocenters. The molecule has 1 amide bonds. The zero-order valence-corrected chi connectivity index (χ0v) is 12.4. The van der Waals surface area contributed by atoms with E-state index in [1.54, 1.807) is 0 Å². The fourth-order valence-electron chi connectivity index (χ4n) is 1.27. The van der Waals surface area contributed by atoms with Crippen molar-refractivity contribution < 1.29 is 9.53 Å². The minimum atomic E-state index is 0. The zero-order chi connectivity index (χ0) is 12.5. The molecule has 0 aliphatic carbocycles. The summed E-state index contributed by atoms with van der Waals surface area (Å²) < 4.78 is 6.45. The Morgan fingerprint density at radius 2 is 2.22 bits per heavy atom. The highest BCUT2D eigenvalue weighted by molar-refractivity contribution is 9.10. The SMILES string of the molecule is Cl.NCCCC(=O)NCCOc1cccc(Br)c1. The normalized spacial score (nSPS) is 9.44. The summed E-state index contributed by atoms with van der Waals surface area (Å²) in [5.74, 6) is 0.809. The first-order valence-electron chi connectivity index (χ1n) is 5.57. The van der Waals surface area contributed by atoms with Gasteiger partial charge in [0, 0.05) is 10.9 Å². The van der Waals surface area contributed by atoms with Crippen molar-refractivity contribution in [1.29, 1.82) is 0 Å². The Hall–Kier alpha value is -0.780. The van der Waals surface area contributed by atoms with Crippen LogP contribution in [0.5, 0.6) is 5.75 Å². The molecule has 18 heavy (non-hydrogen) atoms. The van der Waals surface area contributed by atoms with Gasteiger partial charge in [-0.05, 0) is 31.2 Å². The maximum absolute atomic E-state index is 11.2. The van der Waals surface area contributed by atoms with E-state index in [9.17, 15) is 4.79 Å². The first kappa shape index (κ1) is 17.2. The van der Waals surface area contributed by atoms with Gasteiger partial charge in [-0.25, -0.2) is 0 Å². The number of carbonyl (C=O) groups is 1. The van der Waals surface area contributed by atoms with Gasteiger partial charge in [0.15, 0.2) is 0 Å². The molecule has 0 spiro atoms. The number of halogens is 2. The second-order valence-corrected chi connectivity index (χ2v) is 4.46. The lowest BCUT2D eigenvalue weighted by atomic mass is 10.3. The van der Waals surface area contributed by atoms with Gasteiger partial charge in [0.25, 0.3) is 0 Å². The maximum Gasteiger partial charge on any atom is 0.220 e. The topological polar surface area (TPSA) is 64.4 Å². The number of hydrogen-bond donors (Lipinski definition) is 2. The molecule has 0 saturated heterocycles. The van der Waals surface area contributed by atoms with E-state index in [1.165, 1.54) is 0 Å². The largest absolute Gasteiger partial charge is 0.492 e. The molecule has 0 bridgehead atoms. The number of hydrogen-bond acceptors (Lipinski definition) is 3. The summed E-state index contributed by atoms with van der Waals surface area (Å²) in [7, 11) is 0. The molecule has 3 N–H and O–H groups in total. The van der Waals surface area contributed by atoms with Crippen LogP contribution in [-0.2, 0) is 4.79 Å². The average molecular weight is 338 g/mol. The fourth-order valence-corrected chi connectivity index (χ4v) is 1.65. The van der Waals surface area contributed by atoms with Crippen molar-refractivity contribution in [2.24, 2.45) is 5.73 Å². The lowest BCUT2D eigenvalue weighted by Crippen LogP contribution is -2.28. The van der Waals surface area contributed by atoms with Gasteiger partial charge in [-0.15, -0.1) is 12.4 Å². The third-order valence-corrected chi connectivity index (χ3v) is 2.59. The van der Waals surface area contributed by atoms with Crippen LogP contribution in [0.1, 0.15) is 12.8 Å². The number of amides is 1. The Morgan fingerprint density at radius 1 is 1.44 bits per heavy atom. The van der Waals surface area contributed by atoms with Crippen LogP contribution in [0.15, 0.2) is 28.7 Å². The first-order chi connectivity index (χ1) is 8.22. The Kier molecular flexibility index (Phi) is 9.73. The van der Waals surface area contributed by atoms with Crippen molar-refractivity contribution in [1.82, 2.24) is 5.32 Å². The molecule has 0 aliphatic rings. The van der Waals surface area contributed by atoms with Crippen molar-refractivity contribution in [3.63, 3.8) is 0 Å². The third kappa shape index (κ3) is 7.53. The van der Waals surface area contributed by atoms with Crippen LogP contribution in [0.2, 0.25) is 0 Å². The molecule has 102 valence electrons. The van der Waals surface area contributed by atoms with Crippen molar-refractivity contribution in [3.05, 3.63) is 28.7 Å². The minimum absolute atomic E-state index is 0. The number of ether oxygens (including phenoxy) is 1. The summed E-state index contributed by atoms with van der Waals surface area (Å²) in [6.07, 6.45) is 1.20. The fraction of sp³-hybridized carbons (Fsp3) is 0.417. The number of nitrogens with one attached hydrogen (secondary N) is 1. The van der Waals surface area contributed by atoms with E-state index in [4.69, 9.17) is 10.5 Å². The van der Waals surface area contributed by atoms with Crippen LogP contribution < -0.4 is 15.8 Å². The van der Waals surface area contributed by atoms with E-state index in [-0.39, 0.29) is 18.3 Å². The van der Waals surface area contributed by atoms with E-state index in [1.807, 2.05) is 24.3 Å². The summed E-state index contributed by atoms with van der Waals surface area (Å²) in [6, 6.07) is 7.60. The van der Waals surface area contributed by atoms with Gasteiger partial charge >= 0.3 is 0 Å². The summed E-state index contributed by atoms with van der Waals surface area (Å²) in [5.41, 5.74) is 5.31. The maximum atomic E-state index is 11.2. The van der Waals surface area contributed by atoms with Crippen molar-refractivity contribution in [3.8, 4) is 5.75 Å². The molecule has 0 saturated carbocycles. The molecule has 0 radical (unpaired) electrons. The lowest BCUT2D eigenvalue weighted by molar-refractivity contribution is -0.121. The van der Waals surface area contributed by atoms with E-state index in [0.29, 0.717) is 26.1 Å². The average Bonchev–Trinajstić information content (AvgIpc) is 2.32. The second-order valence-electron chi connectivity index (χ2n) is 3.55. The smallest absolute Gasteiger partial charge is 0.220 e. The van der Waals surface area contributed by atoms with Gasteiger partial charge in [-0.2, -0.15) is 0 Å². The van der Waals surface area contributed by atoms with E-state index in [0.717, 1.165) is 16.6 Å². The molecule has 1 rings (SSSR count). The quantitative estimate of drug-likeness (QED) is 0.749. The van der Waals surface area contributed by atoms with Gasteiger partial charge in [-0.1, -0.05) is 22.0 Å². The van der Waals surface area contributed by atoms with Crippen LogP contribution in [0, 0.1) is 0 Å². The lowest BCUT2D eigenvalue weighted by Gasteiger charge is -2.07. The molecule has 0 aliphatic heterocycles. The number of nitrogens with two attached hydrogens (primary N) is 1. The second kappa shape index (κ2) is 10.2. The molecular formula is C12H18BrClN2O2. The molecule has 4 nitrogen and oxygen atoms in total. The molecule has 1 aromatic carbocycles. The highest BCUT2D eigenvalue weighted by Crippen LogP contribution is 2.17. The Balaban J connectivity index is 0.00000289. The highest BCUT2D eigenvalue weighted by Gasteiger charge is 1.99. The van der Waals surface area contributed by atoms with Crippen LogP contribution in [-0.4, -0.2) is 25.6 Å². The Bertz CT molecular complexity index is 364. The van der Waals surface area contributed by atoms with E-state index < -0.39 is 0 Å². The van der Waals surface area contributed by atoms with Crippen molar-refractivity contribution in [2.75, 3.05) is 19.7 Å². The number of rotatable bonds is 7. The standard InChI is InChI=1S/C12H17BrN2O2.ClH/c13-10-3-1-4-11(9-10)17-8-7-15-12(16)5-2-6-14;/h1,3-4,9H,2,5-8,14H2,(H,15,16);1H. The predicted octanol–water partition coefficient (Wildman–Crippen LogP) is 2.10. The van der Waals surface area contributed by atoms with Crippen LogP contribution in [0.25, 0.3) is 0 Å². The van der Waals surface area contributed by atoms with Crippen LogP contribution >= 0.6 is 28.3 Å². The van der Waals surface area contributed by atoms with Gasteiger partial charge in [-0.3, -0.25) is 4.79 Å². The number of carbonyl (C=O) groups excluding carboxylic acids is 1. The molecule has 0 aromatic heterocycles. The van der Waals surface area contributed by atoms with Gasteiger partial charge in [0.1, 0.15) is 12.4 Å². The van der Waals surface area contributed by atoms with E-state index >= 15 is 0 Å². The molecule has 0 fully saturated rings. The molecule has 1 aromatic rings. The Morgan fingerprint density at radius 3 is 2.89 bits per heavy atom. The van der Waals surface area contributed by atoms with Gasteiger partial charge in [0.2, 0.25) is 5.91 Å². The summed E-state index contributed by atoms with van der Waals surface area (Å²) in [4.78, 5) is 11.2. The van der Waals surface area contributed by atoms with Crippen LogP contribution in [0.4, 0.5) is 0 Å². The van der Waals surface area contributed by atoms with Crippen LogP contribution in [0.3, 0.4) is 0 Å². The molecular weight excluding hydrogens is 320 g/mol. The van der Waals surface area contributed by atoms with Crippen molar-refractivity contribution >= 4 is 34.2 Å². The Labute approximate surface area is 122 Å². The monoisotopic (exact) mass is 336 g/mol. The zero-order valence-electron chi connectivity index (χ0n) is 10.0. The predicted molar refractivity (Wildman–Crippen MR) is 78.2 cm³/mol. The molecule has 6 heteroatoms. The van der Waals surface area contributed by atoms with Crippen molar-refractivity contribution in [2.45, 2.75) is 12.8 Å². The highest BCUT2D eigenvalue weighted by atomic mass is 79.9. The molecule has 0 unspecified atom stereocenters. The number of benzene rings is 1. The van der Waals surface area contributed by atoms with Gasteiger partial charge in [0.05, 0.1) is 6.54 Å². The third-order valence-electron chi connectivity index (χ3n) is 2.10. The van der Waals surface area contributed by atoms with E-state index in [2.05, 4.69) is 21.2 Å². The first-order valence-corrected chi connectivity index (χ1v) is 6.37. The summed E-state index contributed by atoms with van der Waals surface area (Å²) in [5, 5.41) is 2.77. The minimum Gasteiger partial charge on any atom is -0.492 e. The van der Waals surface area contributed by atoms with Gasteiger partial charge < -0.3 is 15.8 Å². The summed E-state index contributed by atoms with van der Waals surface area (Å²) >= 11 is 3.36. The molecule has 0 heterocycles. The summed E-state index contributed by atoms with van der Waals surface area (Å²) in [6.45, 7) is 1.52.